The van der Waals surface area contributed by atoms with E-state index in [2.05, 4.69) is 0 Å². The van der Waals surface area contributed by atoms with Crippen LogP contribution in [-0.4, -0.2) is 16.3 Å². The molecular weight excluding hydrogens is 219 g/mol. The van der Waals surface area contributed by atoms with Gasteiger partial charge in [0.25, 0.3) is 0 Å². The maximum absolute atomic E-state index is 12.9. The van der Waals surface area contributed by atoms with Crippen molar-refractivity contribution in [2.45, 2.75) is 32.0 Å². The van der Waals surface area contributed by atoms with Gasteiger partial charge in [0.1, 0.15) is 11.9 Å². The van der Waals surface area contributed by atoms with E-state index < -0.39 is 18.0 Å². The van der Waals surface area contributed by atoms with Crippen LogP contribution >= 0.6 is 11.6 Å². The van der Waals surface area contributed by atoms with Crippen molar-refractivity contribution >= 4 is 11.6 Å². The summed E-state index contributed by atoms with van der Waals surface area (Å²) < 4.78 is 12.9. The van der Waals surface area contributed by atoms with E-state index in [1.807, 2.05) is 6.92 Å². The average Bonchev–Trinajstić information content (AvgIpc) is 2.21. The van der Waals surface area contributed by atoms with E-state index >= 15 is 0 Å². The number of rotatable bonds is 4. The Morgan fingerprint density at radius 3 is 2.67 bits per heavy atom. The summed E-state index contributed by atoms with van der Waals surface area (Å²) in [6.45, 7) is 1.89. The molecule has 1 aromatic rings. The molecule has 0 bridgehead atoms. The van der Waals surface area contributed by atoms with Gasteiger partial charge in [-0.15, -0.1) is 0 Å². The Balaban J connectivity index is 2.89. The largest absolute Gasteiger partial charge is 0.390 e. The van der Waals surface area contributed by atoms with Gasteiger partial charge < -0.3 is 10.2 Å². The summed E-state index contributed by atoms with van der Waals surface area (Å²) in [5.41, 5.74) is 0.234. The number of hydrogen-bond donors (Lipinski definition) is 2. The highest BCUT2D eigenvalue weighted by atomic mass is 35.5. The van der Waals surface area contributed by atoms with Crippen LogP contribution in [0.25, 0.3) is 0 Å². The SMILES string of the molecule is CCCC(O)C(O)c1cc(F)ccc1Cl. The van der Waals surface area contributed by atoms with Crippen molar-refractivity contribution in [2.24, 2.45) is 0 Å². The van der Waals surface area contributed by atoms with Gasteiger partial charge in [-0.2, -0.15) is 0 Å². The third-order valence-electron chi connectivity index (χ3n) is 2.23. The molecule has 0 aliphatic rings. The number of aliphatic hydroxyl groups excluding tert-OH is 2. The van der Waals surface area contributed by atoms with Crippen LogP contribution in [-0.2, 0) is 0 Å². The van der Waals surface area contributed by atoms with Crippen molar-refractivity contribution in [1.82, 2.24) is 0 Å². The van der Waals surface area contributed by atoms with E-state index in [0.717, 1.165) is 12.5 Å². The summed E-state index contributed by atoms with van der Waals surface area (Å²) in [5, 5.41) is 19.5. The zero-order chi connectivity index (χ0) is 11.4. The highest BCUT2D eigenvalue weighted by molar-refractivity contribution is 6.31. The molecule has 15 heavy (non-hydrogen) atoms. The van der Waals surface area contributed by atoms with Gasteiger partial charge in [0.05, 0.1) is 6.10 Å². The summed E-state index contributed by atoms with van der Waals surface area (Å²) in [4.78, 5) is 0. The van der Waals surface area contributed by atoms with Crippen LogP contribution in [0, 0.1) is 5.82 Å². The number of halogens is 2. The van der Waals surface area contributed by atoms with Crippen molar-refractivity contribution in [2.75, 3.05) is 0 Å². The van der Waals surface area contributed by atoms with Crippen LogP contribution in [0.1, 0.15) is 31.4 Å². The second-order valence-corrected chi connectivity index (χ2v) is 3.87. The van der Waals surface area contributed by atoms with Gasteiger partial charge in [-0.1, -0.05) is 24.9 Å². The molecular formula is C11H14ClFO2. The molecule has 84 valence electrons. The Morgan fingerprint density at radius 2 is 2.07 bits per heavy atom. The fourth-order valence-electron chi connectivity index (χ4n) is 1.40. The van der Waals surface area contributed by atoms with Crippen molar-refractivity contribution in [3.8, 4) is 0 Å². The molecule has 0 heterocycles. The van der Waals surface area contributed by atoms with Gasteiger partial charge in [-0.05, 0) is 24.6 Å². The molecule has 0 spiro atoms. The molecule has 2 nitrogen and oxygen atoms in total. The predicted octanol–water partition coefficient (Wildman–Crippen LogP) is 2.67. The van der Waals surface area contributed by atoms with Crippen molar-refractivity contribution in [3.63, 3.8) is 0 Å². The zero-order valence-corrected chi connectivity index (χ0v) is 9.21. The van der Waals surface area contributed by atoms with Crippen molar-refractivity contribution in [1.29, 1.82) is 0 Å². The first-order valence-corrected chi connectivity index (χ1v) is 5.25. The van der Waals surface area contributed by atoms with E-state index in [4.69, 9.17) is 11.6 Å². The normalized spacial score (nSPS) is 15.0. The number of aliphatic hydroxyl groups is 2. The van der Waals surface area contributed by atoms with Crippen LogP contribution in [0.2, 0.25) is 5.02 Å². The standard InChI is InChI=1S/C11H14ClFO2/c1-2-3-10(14)11(15)8-6-7(13)4-5-9(8)12/h4-6,10-11,14-15H,2-3H2,1H3. The molecule has 1 rings (SSSR count). The molecule has 0 aliphatic heterocycles. The first-order chi connectivity index (χ1) is 7.06. The fourth-order valence-corrected chi connectivity index (χ4v) is 1.63. The Hall–Kier alpha value is -0.640. The lowest BCUT2D eigenvalue weighted by Gasteiger charge is -2.18. The highest BCUT2D eigenvalue weighted by Gasteiger charge is 2.20. The van der Waals surface area contributed by atoms with Gasteiger partial charge in [-0.3, -0.25) is 0 Å². The number of hydrogen-bond acceptors (Lipinski definition) is 2. The van der Waals surface area contributed by atoms with E-state index in [1.54, 1.807) is 0 Å². The van der Waals surface area contributed by atoms with Crippen molar-refractivity contribution < 1.29 is 14.6 Å². The molecule has 0 aromatic heterocycles. The Labute approximate surface area is 93.3 Å². The molecule has 1 aromatic carbocycles. The van der Waals surface area contributed by atoms with E-state index in [0.29, 0.717) is 6.42 Å². The molecule has 0 fully saturated rings. The summed E-state index contributed by atoms with van der Waals surface area (Å²) >= 11 is 5.80. The third-order valence-corrected chi connectivity index (χ3v) is 2.57. The molecule has 4 heteroatoms. The molecule has 0 aliphatic carbocycles. The number of benzene rings is 1. The highest BCUT2D eigenvalue weighted by Crippen LogP contribution is 2.27. The minimum absolute atomic E-state index is 0.234. The van der Waals surface area contributed by atoms with Crippen molar-refractivity contribution in [3.05, 3.63) is 34.6 Å². The van der Waals surface area contributed by atoms with E-state index in [1.165, 1.54) is 12.1 Å². The Bertz CT molecular complexity index is 330. The molecule has 2 atom stereocenters. The van der Waals surface area contributed by atoms with Gasteiger partial charge in [0.15, 0.2) is 0 Å². The maximum Gasteiger partial charge on any atom is 0.123 e. The fraction of sp³-hybridized carbons (Fsp3) is 0.455. The molecule has 2 unspecified atom stereocenters. The summed E-state index contributed by atoms with van der Waals surface area (Å²) in [6.07, 6.45) is -0.846. The lowest BCUT2D eigenvalue weighted by atomic mass is 10.0. The maximum atomic E-state index is 12.9. The predicted molar refractivity (Wildman–Crippen MR) is 57.3 cm³/mol. The van der Waals surface area contributed by atoms with Crippen LogP contribution < -0.4 is 0 Å². The van der Waals surface area contributed by atoms with Crippen LogP contribution in [0.4, 0.5) is 4.39 Å². The monoisotopic (exact) mass is 232 g/mol. The van der Waals surface area contributed by atoms with Gasteiger partial charge in [0, 0.05) is 10.6 Å². The zero-order valence-electron chi connectivity index (χ0n) is 8.45. The van der Waals surface area contributed by atoms with Gasteiger partial charge in [-0.25, -0.2) is 4.39 Å². The first kappa shape index (κ1) is 12.4. The molecule has 0 amide bonds. The summed E-state index contributed by atoms with van der Waals surface area (Å²) in [5.74, 6) is -0.475. The van der Waals surface area contributed by atoms with Crippen LogP contribution in [0.5, 0.6) is 0 Å². The summed E-state index contributed by atoms with van der Waals surface area (Å²) in [7, 11) is 0. The van der Waals surface area contributed by atoms with Crippen LogP contribution in [0.15, 0.2) is 18.2 Å². The van der Waals surface area contributed by atoms with E-state index in [9.17, 15) is 14.6 Å². The quantitative estimate of drug-likeness (QED) is 0.838. The molecule has 2 N–H and O–H groups in total. The molecule has 0 saturated carbocycles. The van der Waals surface area contributed by atoms with Gasteiger partial charge >= 0.3 is 0 Å². The van der Waals surface area contributed by atoms with Gasteiger partial charge in [0.2, 0.25) is 0 Å². The minimum Gasteiger partial charge on any atom is -0.390 e. The second kappa shape index (κ2) is 5.45. The second-order valence-electron chi connectivity index (χ2n) is 3.47. The Morgan fingerprint density at radius 1 is 1.40 bits per heavy atom. The Kier molecular flexibility index (Phi) is 4.51. The summed E-state index contributed by atoms with van der Waals surface area (Å²) in [6, 6.07) is 3.73. The topological polar surface area (TPSA) is 40.5 Å². The molecule has 0 radical (unpaired) electrons. The van der Waals surface area contributed by atoms with E-state index in [-0.39, 0.29) is 10.6 Å². The first-order valence-electron chi connectivity index (χ1n) is 4.87. The van der Waals surface area contributed by atoms with Crippen LogP contribution in [0.3, 0.4) is 0 Å². The lowest BCUT2D eigenvalue weighted by Crippen LogP contribution is -2.18. The smallest absolute Gasteiger partial charge is 0.123 e. The minimum atomic E-state index is -1.13. The lowest BCUT2D eigenvalue weighted by molar-refractivity contribution is 0.0130. The molecule has 0 saturated heterocycles. The average molecular weight is 233 g/mol. The third kappa shape index (κ3) is 3.16.